The molecular weight excluding hydrogens is 326 g/mol. The summed E-state index contributed by atoms with van der Waals surface area (Å²) in [5.74, 6) is 0. The fourth-order valence-corrected chi connectivity index (χ4v) is 1.95. The molecule has 0 bridgehead atoms. The van der Waals surface area contributed by atoms with E-state index in [9.17, 15) is 4.79 Å². The number of carbonyl (C=O) groups is 1. The van der Waals surface area contributed by atoms with Gasteiger partial charge in [-0.2, -0.15) is 0 Å². The number of hydrogen-bond acceptors (Lipinski definition) is 1. The second-order valence-corrected chi connectivity index (χ2v) is 4.67. The fourth-order valence-electron chi connectivity index (χ4n) is 0.945. The van der Waals surface area contributed by atoms with Crippen LogP contribution in [0.4, 0.5) is 10.5 Å². The van der Waals surface area contributed by atoms with Crippen molar-refractivity contribution in [2.75, 3.05) is 18.9 Å². The van der Waals surface area contributed by atoms with Gasteiger partial charge in [-0.15, -0.1) is 0 Å². The smallest absolute Gasteiger partial charge is 0.321 e. The molecule has 0 aliphatic heterocycles. The molecule has 15 heavy (non-hydrogen) atoms. The monoisotopic (exact) mass is 338 g/mol. The van der Waals surface area contributed by atoms with Gasteiger partial charge in [0.1, 0.15) is 0 Å². The molecule has 0 atom stereocenters. The number of rotatable bonds is 2. The molecule has 0 radical (unpaired) electrons. The highest BCUT2D eigenvalue weighted by atomic mass is 127. The van der Waals surface area contributed by atoms with E-state index in [2.05, 4.69) is 27.9 Å². The second-order valence-electron chi connectivity index (χ2n) is 3.07. The molecule has 0 spiro atoms. The lowest BCUT2D eigenvalue weighted by Crippen LogP contribution is -2.31. The molecule has 0 heterocycles. The Morgan fingerprint density at radius 2 is 2.27 bits per heavy atom. The quantitative estimate of drug-likeness (QED) is 0.823. The Hall–Kier alpha value is -0.490. The standard InChI is InChI=1S/C10H12ClIN2O/c1-3-14(2)10(15)13-9-5-4-7(11)6-8(9)12/h4-6H,3H2,1-2H3,(H,13,15). The Balaban J connectivity index is 2.77. The molecule has 2 amide bonds. The van der Waals surface area contributed by atoms with Gasteiger partial charge in [-0.3, -0.25) is 0 Å². The normalized spacial score (nSPS) is 9.87. The zero-order valence-electron chi connectivity index (χ0n) is 8.55. The minimum Gasteiger partial charge on any atom is -0.328 e. The van der Waals surface area contributed by atoms with Gasteiger partial charge in [0.15, 0.2) is 0 Å². The molecule has 0 aromatic heterocycles. The van der Waals surface area contributed by atoms with Crippen molar-refractivity contribution in [1.29, 1.82) is 0 Å². The van der Waals surface area contributed by atoms with Gasteiger partial charge >= 0.3 is 6.03 Å². The number of anilines is 1. The van der Waals surface area contributed by atoms with Crippen LogP contribution in [-0.2, 0) is 0 Å². The van der Waals surface area contributed by atoms with Crippen LogP contribution in [0.2, 0.25) is 5.02 Å². The summed E-state index contributed by atoms with van der Waals surface area (Å²) in [5.41, 5.74) is 0.783. The van der Waals surface area contributed by atoms with E-state index in [4.69, 9.17) is 11.6 Å². The van der Waals surface area contributed by atoms with Crippen molar-refractivity contribution in [3.8, 4) is 0 Å². The summed E-state index contributed by atoms with van der Waals surface area (Å²) in [4.78, 5) is 13.2. The highest BCUT2D eigenvalue weighted by Crippen LogP contribution is 2.22. The van der Waals surface area contributed by atoms with Crippen molar-refractivity contribution < 1.29 is 4.79 Å². The molecule has 1 aromatic rings. The molecular formula is C10H12ClIN2O. The maximum Gasteiger partial charge on any atom is 0.321 e. The van der Waals surface area contributed by atoms with Crippen LogP contribution < -0.4 is 5.32 Å². The molecule has 3 nitrogen and oxygen atoms in total. The van der Waals surface area contributed by atoms with Crippen LogP contribution in [0, 0.1) is 3.57 Å². The van der Waals surface area contributed by atoms with E-state index in [-0.39, 0.29) is 6.03 Å². The number of hydrogen-bond donors (Lipinski definition) is 1. The minimum atomic E-state index is -0.113. The highest BCUT2D eigenvalue weighted by molar-refractivity contribution is 14.1. The maximum absolute atomic E-state index is 11.6. The van der Waals surface area contributed by atoms with Crippen LogP contribution in [0.1, 0.15) is 6.92 Å². The van der Waals surface area contributed by atoms with Crippen molar-refractivity contribution in [2.24, 2.45) is 0 Å². The van der Waals surface area contributed by atoms with Gasteiger partial charge in [-0.05, 0) is 47.7 Å². The Morgan fingerprint density at radius 1 is 1.60 bits per heavy atom. The van der Waals surface area contributed by atoms with Crippen molar-refractivity contribution in [2.45, 2.75) is 6.92 Å². The summed E-state index contributed by atoms with van der Waals surface area (Å²) in [5, 5.41) is 3.48. The van der Waals surface area contributed by atoms with Crippen molar-refractivity contribution in [1.82, 2.24) is 4.90 Å². The lowest BCUT2D eigenvalue weighted by Gasteiger charge is -2.16. The third-order valence-corrected chi connectivity index (χ3v) is 3.12. The second kappa shape index (κ2) is 5.55. The first-order valence-electron chi connectivity index (χ1n) is 4.51. The fraction of sp³-hybridized carbons (Fsp3) is 0.300. The maximum atomic E-state index is 11.6. The van der Waals surface area contributed by atoms with Gasteiger partial charge in [0.25, 0.3) is 0 Å². The van der Waals surface area contributed by atoms with E-state index in [0.29, 0.717) is 11.6 Å². The predicted octanol–water partition coefficient (Wildman–Crippen LogP) is 3.43. The summed E-state index contributed by atoms with van der Waals surface area (Å²) in [7, 11) is 1.75. The number of amides is 2. The van der Waals surface area contributed by atoms with Crippen molar-refractivity contribution in [3.05, 3.63) is 26.8 Å². The molecule has 82 valence electrons. The van der Waals surface area contributed by atoms with Crippen LogP contribution in [0.15, 0.2) is 18.2 Å². The van der Waals surface area contributed by atoms with Crippen molar-refractivity contribution >= 4 is 45.9 Å². The lowest BCUT2D eigenvalue weighted by molar-refractivity contribution is 0.224. The van der Waals surface area contributed by atoms with Gasteiger partial charge in [-0.25, -0.2) is 4.79 Å². The predicted molar refractivity (Wildman–Crippen MR) is 71.5 cm³/mol. The zero-order chi connectivity index (χ0) is 11.4. The van der Waals surface area contributed by atoms with E-state index in [0.717, 1.165) is 9.26 Å². The average molecular weight is 339 g/mol. The van der Waals surface area contributed by atoms with Gasteiger partial charge in [-0.1, -0.05) is 11.6 Å². The molecule has 1 aromatic carbocycles. The van der Waals surface area contributed by atoms with E-state index >= 15 is 0 Å². The Morgan fingerprint density at radius 3 is 2.80 bits per heavy atom. The molecule has 0 unspecified atom stereocenters. The third kappa shape index (κ3) is 3.53. The number of nitrogens with one attached hydrogen (secondary N) is 1. The van der Waals surface area contributed by atoms with Gasteiger partial charge < -0.3 is 10.2 Å². The first kappa shape index (κ1) is 12.6. The Kier molecular flexibility index (Phi) is 4.66. The van der Waals surface area contributed by atoms with E-state index in [1.54, 1.807) is 24.1 Å². The van der Waals surface area contributed by atoms with Crippen LogP contribution in [-0.4, -0.2) is 24.5 Å². The largest absolute Gasteiger partial charge is 0.328 e. The number of halogens is 2. The van der Waals surface area contributed by atoms with Gasteiger partial charge in [0.2, 0.25) is 0 Å². The summed E-state index contributed by atoms with van der Waals surface area (Å²) in [6.45, 7) is 2.60. The first-order valence-corrected chi connectivity index (χ1v) is 5.97. The molecule has 0 saturated heterocycles. The number of benzene rings is 1. The van der Waals surface area contributed by atoms with E-state index in [1.165, 1.54) is 0 Å². The number of urea groups is 1. The van der Waals surface area contributed by atoms with E-state index < -0.39 is 0 Å². The molecule has 0 saturated carbocycles. The van der Waals surface area contributed by atoms with Gasteiger partial charge in [0, 0.05) is 22.2 Å². The van der Waals surface area contributed by atoms with Crippen molar-refractivity contribution in [3.63, 3.8) is 0 Å². The van der Waals surface area contributed by atoms with Crippen LogP contribution in [0.5, 0.6) is 0 Å². The molecule has 1 rings (SSSR count). The lowest BCUT2D eigenvalue weighted by atomic mass is 10.3. The summed E-state index contributed by atoms with van der Waals surface area (Å²) in [6, 6.07) is 5.25. The third-order valence-electron chi connectivity index (χ3n) is 1.99. The summed E-state index contributed by atoms with van der Waals surface area (Å²) in [6.07, 6.45) is 0. The first-order chi connectivity index (χ1) is 7.04. The Labute approximate surface area is 108 Å². The number of carbonyl (C=O) groups excluding carboxylic acids is 1. The van der Waals surface area contributed by atoms with Crippen LogP contribution in [0.25, 0.3) is 0 Å². The minimum absolute atomic E-state index is 0.113. The topological polar surface area (TPSA) is 32.3 Å². The zero-order valence-corrected chi connectivity index (χ0v) is 11.5. The molecule has 0 aliphatic carbocycles. The SMILES string of the molecule is CCN(C)C(=O)Nc1ccc(Cl)cc1I. The average Bonchev–Trinajstić information content (AvgIpc) is 2.20. The summed E-state index contributed by atoms with van der Waals surface area (Å²) >= 11 is 7.95. The van der Waals surface area contributed by atoms with Crippen LogP contribution >= 0.6 is 34.2 Å². The highest BCUT2D eigenvalue weighted by Gasteiger charge is 2.08. The number of nitrogens with zero attached hydrogens (tertiary/aromatic N) is 1. The molecule has 0 aliphatic rings. The molecule has 1 N–H and O–H groups in total. The van der Waals surface area contributed by atoms with E-state index in [1.807, 2.05) is 13.0 Å². The van der Waals surface area contributed by atoms with Crippen LogP contribution in [0.3, 0.4) is 0 Å². The van der Waals surface area contributed by atoms with Gasteiger partial charge in [0.05, 0.1) is 5.69 Å². The Bertz CT molecular complexity index is 370. The molecule has 5 heteroatoms. The summed E-state index contributed by atoms with van der Waals surface area (Å²) < 4.78 is 0.929. The molecule has 0 fully saturated rings.